The number of aliphatic hydroxyl groups excluding tert-OH is 1. The summed E-state index contributed by atoms with van der Waals surface area (Å²) in [6.07, 6.45) is 1.05. The van der Waals surface area contributed by atoms with E-state index in [-0.39, 0.29) is 6.61 Å². The fourth-order valence-corrected chi connectivity index (χ4v) is 0.545. The lowest BCUT2D eigenvalue weighted by Gasteiger charge is -2.17. The Morgan fingerprint density at radius 3 is 2.20 bits per heavy atom. The van der Waals surface area contributed by atoms with Crippen LogP contribution in [0.5, 0.6) is 0 Å². The van der Waals surface area contributed by atoms with Crippen molar-refractivity contribution in [1.82, 2.24) is 0 Å². The Bertz CT molecular complexity index is 73.8. The molecule has 0 unspecified atom stereocenters. The summed E-state index contributed by atoms with van der Waals surface area (Å²) in [5.41, 5.74) is 0.343. The lowest BCUT2D eigenvalue weighted by atomic mass is 9.93. The molecule has 0 aromatic rings. The number of rotatable bonds is 4. The first-order valence-corrected chi connectivity index (χ1v) is 3.75. The minimum absolute atomic E-state index is 0.129. The van der Waals surface area contributed by atoms with Gasteiger partial charge in [-0.15, -0.1) is 0 Å². The lowest BCUT2D eigenvalue weighted by molar-refractivity contribution is 0.0754. The van der Waals surface area contributed by atoms with Crippen LogP contribution < -0.4 is 0 Å². The number of ether oxygens (including phenoxy) is 1. The van der Waals surface area contributed by atoms with E-state index in [1.54, 1.807) is 0 Å². The van der Waals surface area contributed by atoms with E-state index in [1.807, 2.05) is 0 Å². The highest BCUT2D eigenvalue weighted by atomic mass is 16.5. The molecule has 0 radical (unpaired) electrons. The maximum atomic E-state index is 8.37. The topological polar surface area (TPSA) is 29.5 Å². The fraction of sp³-hybridized carbons (Fsp3) is 1.00. The molecule has 0 aliphatic carbocycles. The first kappa shape index (κ1) is 9.92. The second kappa shape index (κ2) is 4.69. The number of aliphatic hydroxyl groups is 1. The first-order chi connectivity index (χ1) is 4.56. The first-order valence-electron chi connectivity index (χ1n) is 3.75. The summed E-state index contributed by atoms with van der Waals surface area (Å²) in [7, 11) is 0. The minimum atomic E-state index is 0.129. The van der Waals surface area contributed by atoms with Crippen LogP contribution in [0.25, 0.3) is 0 Å². The highest BCUT2D eigenvalue weighted by molar-refractivity contribution is 4.59. The molecule has 10 heavy (non-hydrogen) atoms. The molecular weight excluding hydrogens is 128 g/mol. The van der Waals surface area contributed by atoms with E-state index in [0.717, 1.165) is 13.0 Å². The van der Waals surface area contributed by atoms with E-state index in [2.05, 4.69) is 20.8 Å². The maximum absolute atomic E-state index is 8.37. The van der Waals surface area contributed by atoms with Crippen molar-refractivity contribution in [2.24, 2.45) is 5.41 Å². The van der Waals surface area contributed by atoms with Gasteiger partial charge in [-0.2, -0.15) is 0 Å². The molecule has 0 aliphatic heterocycles. The van der Waals surface area contributed by atoms with Gasteiger partial charge in [0.1, 0.15) is 0 Å². The maximum Gasteiger partial charge on any atom is 0.0697 e. The molecule has 0 amide bonds. The zero-order valence-electron chi connectivity index (χ0n) is 7.18. The molecule has 0 fully saturated rings. The van der Waals surface area contributed by atoms with Crippen molar-refractivity contribution < 1.29 is 9.84 Å². The third kappa shape index (κ3) is 7.92. The summed E-state index contributed by atoms with van der Waals surface area (Å²) in [6.45, 7) is 7.88. The van der Waals surface area contributed by atoms with Crippen molar-refractivity contribution in [3.63, 3.8) is 0 Å². The summed E-state index contributed by atoms with van der Waals surface area (Å²) in [4.78, 5) is 0. The molecule has 2 nitrogen and oxygen atoms in total. The van der Waals surface area contributed by atoms with Crippen molar-refractivity contribution in [3.05, 3.63) is 0 Å². The Morgan fingerprint density at radius 2 is 1.80 bits per heavy atom. The highest BCUT2D eigenvalue weighted by Gasteiger charge is 2.08. The predicted octanol–water partition coefficient (Wildman–Crippen LogP) is 1.43. The van der Waals surface area contributed by atoms with Crippen LogP contribution in [0.4, 0.5) is 0 Å². The number of hydrogen-bond donors (Lipinski definition) is 1. The van der Waals surface area contributed by atoms with Gasteiger partial charge in [-0.1, -0.05) is 20.8 Å². The van der Waals surface area contributed by atoms with Crippen LogP contribution in [0.3, 0.4) is 0 Å². The Hall–Kier alpha value is -0.0800. The van der Waals surface area contributed by atoms with Crippen LogP contribution in [0, 0.1) is 5.41 Å². The molecule has 62 valence electrons. The second-order valence-electron chi connectivity index (χ2n) is 3.65. The highest BCUT2D eigenvalue weighted by Crippen LogP contribution is 2.17. The van der Waals surface area contributed by atoms with E-state index in [9.17, 15) is 0 Å². The monoisotopic (exact) mass is 146 g/mol. The summed E-state index contributed by atoms with van der Waals surface area (Å²) >= 11 is 0. The van der Waals surface area contributed by atoms with Crippen LogP contribution >= 0.6 is 0 Å². The van der Waals surface area contributed by atoms with E-state index >= 15 is 0 Å². The van der Waals surface area contributed by atoms with Crippen molar-refractivity contribution in [2.75, 3.05) is 19.8 Å². The summed E-state index contributed by atoms with van der Waals surface area (Å²) in [6, 6.07) is 0. The van der Waals surface area contributed by atoms with Gasteiger partial charge >= 0.3 is 0 Å². The molecule has 0 saturated carbocycles. The second-order valence-corrected chi connectivity index (χ2v) is 3.65. The van der Waals surface area contributed by atoms with Crippen LogP contribution in [0.2, 0.25) is 0 Å². The van der Waals surface area contributed by atoms with E-state index in [0.29, 0.717) is 12.0 Å². The quantitative estimate of drug-likeness (QED) is 0.608. The summed E-state index contributed by atoms with van der Waals surface area (Å²) in [5.74, 6) is 0. The van der Waals surface area contributed by atoms with Gasteiger partial charge in [0.15, 0.2) is 0 Å². The van der Waals surface area contributed by atoms with Gasteiger partial charge in [-0.25, -0.2) is 0 Å². The molecule has 0 aliphatic rings. The fourth-order valence-electron chi connectivity index (χ4n) is 0.545. The van der Waals surface area contributed by atoms with Gasteiger partial charge in [0, 0.05) is 6.61 Å². The van der Waals surface area contributed by atoms with Crippen LogP contribution in [0.1, 0.15) is 27.2 Å². The van der Waals surface area contributed by atoms with Gasteiger partial charge in [0.05, 0.1) is 13.2 Å². The third-order valence-electron chi connectivity index (χ3n) is 1.23. The average molecular weight is 146 g/mol. The molecule has 0 saturated heterocycles. The minimum Gasteiger partial charge on any atom is -0.394 e. The van der Waals surface area contributed by atoms with Crippen molar-refractivity contribution in [2.45, 2.75) is 27.2 Å². The van der Waals surface area contributed by atoms with Crippen molar-refractivity contribution in [1.29, 1.82) is 0 Å². The van der Waals surface area contributed by atoms with Gasteiger partial charge in [0.2, 0.25) is 0 Å². The van der Waals surface area contributed by atoms with Crippen LogP contribution in [-0.2, 0) is 4.74 Å². The molecular formula is C8H18O2. The average Bonchev–Trinajstić information content (AvgIpc) is 1.78. The normalized spacial score (nSPS) is 12.0. The van der Waals surface area contributed by atoms with Gasteiger partial charge in [-0.3, -0.25) is 0 Å². The zero-order chi connectivity index (χ0) is 8.04. The Kier molecular flexibility index (Phi) is 4.65. The van der Waals surface area contributed by atoms with E-state index in [4.69, 9.17) is 9.84 Å². The Morgan fingerprint density at radius 1 is 1.20 bits per heavy atom. The SMILES string of the molecule is CC(C)(C)CCOCCO. The Balaban J connectivity index is 3.04. The Labute approximate surface area is 63.2 Å². The molecule has 0 rings (SSSR count). The molecule has 0 aromatic heterocycles. The van der Waals surface area contributed by atoms with Crippen molar-refractivity contribution >= 4 is 0 Å². The molecule has 0 atom stereocenters. The van der Waals surface area contributed by atoms with Gasteiger partial charge in [-0.05, 0) is 11.8 Å². The number of hydrogen-bond acceptors (Lipinski definition) is 2. The smallest absolute Gasteiger partial charge is 0.0697 e. The van der Waals surface area contributed by atoms with E-state index < -0.39 is 0 Å². The summed E-state index contributed by atoms with van der Waals surface area (Å²) in [5, 5.41) is 8.37. The predicted molar refractivity (Wildman–Crippen MR) is 42.0 cm³/mol. The lowest BCUT2D eigenvalue weighted by Crippen LogP contribution is -2.10. The molecule has 1 N–H and O–H groups in total. The third-order valence-corrected chi connectivity index (χ3v) is 1.23. The molecule has 0 aromatic carbocycles. The van der Waals surface area contributed by atoms with E-state index in [1.165, 1.54) is 0 Å². The summed E-state index contributed by atoms with van der Waals surface area (Å²) < 4.78 is 5.11. The van der Waals surface area contributed by atoms with Gasteiger partial charge < -0.3 is 9.84 Å². The van der Waals surface area contributed by atoms with Crippen LogP contribution in [-0.4, -0.2) is 24.9 Å². The zero-order valence-corrected chi connectivity index (χ0v) is 7.18. The van der Waals surface area contributed by atoms with Crippen molar-refractivity contribution in [3.8, 4) is 0 Å². The van der Waals surface area contributed by atoms with Gasteiger partial charge in [0.25, 0.3) is 0 Å². The molecule has 2 heteroatoms. The molecule has 0 spiro atoms. The molecule has 0 bridgehead atoms. The standard InChI is InChI=1S/C8H18O2/c1-8(2,3)4-6-10-7-5-9/h9H,4-7H2,1-3H3. The largest absolute Gasteiger partial charge is 0.394 e. The van der Waals surface area contributed by atoms with Crippen LogP contribution in [0.15, 0.2) is 0 Å². The molecule has 0 heterocycles.